The number of Topliss-reactive ketones (excluding diaryl/α,β-unsaturated/α-hetero) is 1. The van der Waals surface area contributed by atoms with Gasteiger partial charge in [-0.15, -0.1) is 0 Å². The molecular weight excluding hydrogens is 187 g/mol. The molecule has 0 aliphatic rings. The van der Waals surface area contributed by atoms with Gasteiger partial charge in [0, 0.05) is 6.42 Å². The summed E-state index contributed by atoms with van der Waals surface area (Å²) < 4.78 is 17.6. The Labute approximate surface area is 83.6 Å². The molecule has 1 atom stereocenters. The number of carbonyl (C=O) groups excluding carboxylic acids is 2. The smallest absolute Gasteiger partial charge is 0.309 e. The van der Waals surface area contributed by atoms with Crippen molar-refractivity contribution < 1.29 is 18.7 Å². The van der Waals surface area contributed by atoms with Crippen LogP contribution in [-0.4, -0.2) is 24.5 Å². The van der Waals surface area contributed by atoms with E-state index in [1.165, 1.54) is 0 Å². The summed E-state index contributed by atoms with van der Waals surface area (Å²) in [5.74, 6) is -1.06. The molecule has 0 aromatic rings. The van der Waals surface area contributed by atoms with E-state index in [-0.39, 0.29) is 18.9 Å². The number of rotatable bonds is 6. The van der Waals surface area contributed by atoms with Crippen molar-refractivity contribution in [3.05, 3.63) is 0 Å². The van der Waals surface area contributed by atoms with Gasteiger partial charge in [0.15, 0.2) is 12.0 Å². The van der Waals surface area contributed by atoms with Crippen LogP contribution in [0, 0.1) is 5.92 Å². The third-order valence-corrected chi connectivity index (χ3v) is 1.61. The first-order valence-electron chi connectivity index (χ1n) is 4.79. The topological polar surface area (TPSA) is 43.4 Å². The third-order valence-electron chi connectivity index (χ3n) is 1.61. The summed E-state index contributed by atoms with van der Waals surface area (Å²) in [7, 11) is 0. The average Bonchev–Trinajstić information content (AvgIpc) is 2.02. The average molecular weight is 204 g/mol. The molecule has 0 N–H and O–H groups in total. The van der Waals surface area contributed by atoms with Crippen LogP contribution in [0.4, 0.5) is 4.39 Å². The second-order valence-electron chi connectivity index (χ2n) is 3.54. The Bertz CT molecular complexity index is 202. The van der Waals surface area contributed by atoms with Crippen molar-refractivity contribution in [1.82, 2.24) is 0 Å². The fraction of sp³-hybridized carbons (Fsp3) is 0.800. The number of ketones is 1. The molecule has 0 bridgehead atoms. The highest BCUT2D eigenvalue weighted by atomic mass is 19.1. The highest BCUT2D eigenvalue weighted by Crippen LogP contribution is 2.09. The number of ether oxygens (including phenoxy) is 1. The summed E-state index contributed by atoms with van der Waals surface area (Å²) in [6.45, 7) is 5.51. The first kappa shape index (κ1) is 13.1. The summed E-state index contributed by atoms with van der Waals surface area (Å²) in [6.07, 6.45) is -2.00. The van der Waals surface area contributed by atoms with Gasteiger partial charge in [-0.3, -0.25) is 9.59 Å². The van der Waals surface area contributed by atoms with Gasteiger partial charge >= 0.3 is 5.97 Å². The molecule has 0 heterocycles. The molecule has 0 fully saturated rings. The Morgan fingerprint density at radius 2 is 1.86 bits per heavy atom. The van der Waals surface area contributed by atoms with E-state index in [0.717, 1.165) is 0 Å². The lowest BCUT2D eigenvalue weighted by Crippen LogP contribution is -2.22. The van der Waals surface area contributed by atoms with Gasteiger partial charge in [-0.05, 0) is 12.8 Å². The van der Waals surface area contributed by atoms with E-state index in [1.807, 2.05) is 13.8 Å². The van der Waals surface area contributed by atoms with Gasteiger partial charge in [0.1, 0.15) is 0 Å². The maximum atomic E-state index is 13.1. The molecule has 3 nitrogen and oxygen atoms in total. The molecule has 0 saturated carbocycles. The van der Waals surface area contributed by atoms with Crippen LogP contribution in [0.2, 0.25) is 0 Å². The number of hydrogen-bond donors (Lipinski definition) is 0. The zero-order valence-electron chi connectivity index (χ0n) is 8.88. The van der Waals surface area contributed by atoms with E-state index < -0.39 is 24.3 Å². The van der Waals surface area contributed by atoms with Crippen LogP contribution in [0.15, 0.2) is 0 Å². The summed E-state index contributed by atoms with van der Waals surface area (Å²) in [5, 5.41) is 0. The van der Waals surface area contributed by atoms with Gasteiger partial charge < -0.3 is 4.74 Å². The molecule has 0 rings (SSSR count). The Hall–Kier alpha value is -0.930. The Morgan fingerprint density at radius 3 is 2.29 bits per heavy atom. The fourth-order valence-electron chi connectivity index (χ4n) is 1.01. The van der Waals surface area contributed by atoms with Crippen molar-refractivity contribution in [3.8, 4) is 0 Å². The number of hydrogen-bond acceptors (Lipinski definition) is 3. The maximum absolute atomic E-state index is 13.1. The normalized spacial score (nSPS) is 12.6. The Kier molecular flexibility index (Phi) is 6.08. The minimum Gasteiger partial charge on any atom is -0.466 e. The van der Waals surface area contributed by atoms with E-state index >= 15 is 0 Å². The number of halogens is 1. The molecule has 0 aromatic heterocycles. The molecule has 82 valence electrons. The molecule has 1 unspecified atom stereocenters. The van der Waals surface area contributed by atoms with Crippen LogP contribution >= 0.6 is 0 Å². The SMILES string of the molecule is CCOC(=O)CC(F)C(=O)CC(C)C. The second-order valence-corrected chi connectivity index (χ2v) is 3.54. The van der Waals surface area contributed by atoms with Crippen molar-refractivity contribution in [3.63, 3.8) is 0 Å². The lowest BCUT2D eigenvalue weighted by atomic mass is 10.0. The van der Waals surface area contributed by atoms with Gasteiger partial charge in [0.2, 0.25) is 0 Å². The number of esters is 1. The van der Waals surface area contributed by atoms with Crippen molar-refractivity contribution in [2.45, 2.75) is 39.8 Å². The van der Waals surface area contributed by atoms with E-state index in [2.05, 4.69) is 4.74 Å². The minimum absolute atomic E-state index is 0.114. The van der Waals surface area contributed by atoms with Crippen molar-refractivity contribution >= 4 is 11.8 Å². The predicted molar refractivity (Wildman–Crippen MR) is 50.6 cm³/mol. The quantitative estimate of drug-likeness (QED) is 0.620. The molecular formula is C10H17FO3. The van der Waals surface area contributed by atoms with E-state index in [4.69, 9.17) is 0 Å². The second kappa shape index (κ2) is 6.51. The number of alkyl halides is 1. The van der Waals surface area contributed by atoms with Crippen LogP contribution in [-0.2, 0) is 14.3 Å². The van der Waals surface area contributed by atoms with Crippen LogP contribution < -0.4 is 0 Å². The van der Waals surface area contributed by atoms with E-state index in [9.17, 15) is 14.0 Å². The molecule has 0 radical (unpaired) electrons. The molecule has 14 heavy (non-hydrogen) atoms. The van der Waals surface area contributed by atoms with Crippen molar-refractivity contribution in [2.24, 2.45) is 5.92 Å². The summed E-state index contributed by atoms with van der Waals surface area (Å²) >= 11 is 0. The van der Waals surface area contributed by atoms with Gasteiger partial charge in [-0.25, -0.2) is 4.39 Å². The summed E-state index contributed by atoms with van der Waals surface area (Å²) in [5.41, 5.74) is 0. The summed E-state index contributed by atoms with van der Waals surface area (Å²) in [4.78, 5) is 21.9. The van der Waals surface area contributed by atoms with Crippen LogP contribution in [0.1, 0.15) is 33.6 Å². The minimum atomic E-state index is -1.71. The highest BCUT2D eigenvalue weighted by molar-refractivity contribution is 5.87. The Morgan fingerprint density at radius 1 is 1.29 bits per heavy atom. The molecule has 0 spiro atoms. The summed E-state index contributed by atoms with van der Waals surface area (Å²) in [6, 6.07) is 0. The van der Waals surface area contributed by atoms with Crippen LogP contribution in [0.3, 0.4) is 0 Å². The lowest BCUT2D eigenvalue weighted by molar-refractivity contribution is -0.146. The van der Waals surface area contributed by atoms with Gasteiger partial charge in [-0.1, -0.05) is 13.8 Å². The van der Waals surface area contributed by atoms with Gasteiger partial charge in [0.25, 0.3) is 0 Å². The molecule has 4 heteroatoms. The first-order valence-corrected chi connectivity index (χ1v) is 4.79. The number of carbonyl (C=O) groups is 2. The molecule has 0 saturated heterocycles. The zero-order valence-corrected chi connectivity index (χ0v) is 8.88. The van der Waals surface area contributed by atoms with Crippen LogP contribution in [0.5, 0.6) is 0 Å². The monoisotopic (exact) mass is 204 g/mol. The third kappa shape index (κ3) is 5.67. The largest absolute Gasteiger partial charge is 0.466 e. The molecule has 0 aliphatic carbocycles. The zero-order chi connectivity index (χ0) is 11.1. The highest BCUT2D eigenvalue weighted by Gasteiger charge is 2.22. The van der Waals surface area contributed by atoms with Gasteiger partial charge in [0.05, 0.1) is 13.0 Å². The van der Waals surface area contributed by atoms with Gasteiger partial charge in [-0.2, -0.15) is 0 Å². The van der Waals surface area contributed by atoms with Crippen LogP contribution in [0.25, 0.3) is 0 Å². The molecule has 0 aliphatic heterocycles. The van der Waals surface area contributed by atoms with Crippen molar-refractivity contribution in [1.29, 1.82) is 0 Å². The van der Waals surface area contributed by atoms with E-state index in [1.54, 1.807) is 6.92 Å². The first-order chi connectivity index (χ1) is 6.47. The fourth-order valence-corrected chi connectivity index (χ4v) is 1.01. The molecule has 0 aromatic carbocycles. The molecule has 0 amide bonds. The predicted octanol–water partition coefficient (Wildman–Crippen LogP) is 1.89. The maximum Gasteiger partial charge on any atom is 0.309 e. The van der Waals surface area contributed by atoms with Crippen molar-refractivity contribution in [2.75, 3.05) is 6.61 Å². The Balaban J connectivity index is 3.88. The standard InChI is InChI=1S/C10H17FO3/c1-4-14-10(13)6-8(11)9(12)5-7(2)3/h7-8H,4-6H2,1-3H3. The lowest BCUT2D eigenvalue weighted by Gasteiger charge is -2.08. The van der Waals surface area contributed by atoms with E-state index in [0.29, 0.717) is 0 Å².